The zero-order chi connectivity index (χ0) is 16.9. The summed E-state index contributed by atoms with van der Waals surface area (Å²) in [5.41, 5.74) is -0.145. The Morgan fingerprint density at radius 1 is 1.29 bits per heavy atom. The summed E-state index contributed by atoms with van der Waals surface area (Å²) in [6.45, 7) is 0.0551. The van der Waals surface area contributed by atoms with Gasteiger partial charge in [0.05, 0.1) is 18.9 Å². The normalized spacial score (nSPS) is 12.0. The van der Waals surface area contributed by atoms with Crippen molar-refractivity contribution >= 4 is 5.91 Å². The number of rotatable bonds is 6. The molecule has 24 heavy (non-hydrogen) atoms. The largest absolute Gasteiger partial charge is 0.461 e. The molecule has 0 radical (unpaired) electrons. The van der Waals surface area contributed by atoms with Gasteiger partial charge in [-0.2, -0.15) is 0 Å². The number of carbonyl (C=O) groups is 1. The number of aliphatic hydroxyl groups is 1. The van der Waals surface area contributed by atoms with Gasteiger partial charge in [0.15, 0.2) is 11.5 Å². The van der Waals surface area contributed by atoms with Crippen LogP contribution in [0.15, 0.2) is 62.6 Å². The highest BCUT2D eigenvalue weighted by Gasteiger charge is 2.16. The van der Waals surface area contributed by atoms with E-state index in [2.05, 4.69) is 10.5 Å². The zero-order valence-corrected chi connectivity index (χ0v) is 12.6. The van der Waals surface area contributed by atoms with Crippen LogP contribution in [0.2, 0.25) is 0 Å². The molecule has 3 aromatic rings. The molecule has 3 aromatic heterocycles. The van der Waals surface area contributed by atoms with E-state index in [-0.39, 0.29) is 24.3 Å². The number of nitrogens with one attached hydrogen (secondary N) is 1. The smallest absolute Gasteiger partial charge is 0.273 e. The summed E-state index contributed by atoms with van der Waals surface area (Å²) in [5, 5.41) is 16.1. The van der Waals surface area contributed by atoms with Crippen LogP contribution in [0.25, 0.3) is 11.5 Å². The molecule has 1 unspecified atom stereocenters. The number of hydrogen-bond acceptors (Lipinski definition) is 6. The first kappa shape index (κ1) is 15.8. The first-order valence-corrected chi connectivity index (χ1v) is 7.26. The molecule has 0 aromatic carbocycles. The van der Waals surface area contributed by atoms with E-state index in [1.807, 2.05) is 0 Å². The molecule has 8 nitrogen and oxygen atoms in total. The molecule has 0 saturated carbocycles. The minimum atomic E-state index is -0.912. The van der Waals surface area contributed by atoms with Crippen molar-refractivity contribution in [1.82, 2.24) is 15.0 Å². The Morgan fingerprint density at radius 3 is 2.92 bits per heavy atom. The van der Waals surface area contributed by atoms with Gasteiger partial charge in [0, 0.05) is 24.9 Å². The Bertz CT molecular complexity index is 866. The minimum Gasteiger partial charge on any atom is -0.461 e. The van der Waals surface area contributed by atoms with Gasteiger partial charge < -0.3 is 23.9 Å². The molecule has 0 aliphatic heterocycles. The Hall–Kier alpha value is -3.13. The number of hydrogen-bond donors (Lipinski definition) is 2. The molecule has 0 fully saturated rings. The first-order chi connectivity index (χ1) is 11.6. The molecule has 0 aliphatic carbocycles. The molecule has 124 valence electrons. The maximum Gasteiger partial charge on any atom is 0.273 e. The second kappa shape index (κ2) is 6.97. The standard InChI is InChI=1S/C16H15N3O5/c20-11(10-19-6-2-1-5-15(19)21)9-17-16(22)12-8-14(24-18-12)13-4-3-7-23-13/h1-8,11,20H,9-10H2,(H,17,22). The fraction of sp³-hybridized carbons (Fsp3) is 0.188. The van der Waals surface area contributed by atoms with Crippen molar-refractivity contribution in [3.8, 4) is 11.5 Å². The van der Waals surface area contributed by atoms with Crippen molar-refractivity contribution in [3.05, 3.63) is 64.9 Å². The number of aliphatic hydroxyl groups excluding tert-OH is 1. The van der Waals surface area contributed by atoms with Crippen LogP contribution < -0.4 is 10.9 Å². The van der Waals surface area contributed by atoms with E-state index in [4.69, 9.17) is 8.94 Å². The Labute approximate surface area is 136 Å². The summed E-state index contributed by atoms with van der Waals surface area (Å²) < 4.78 is 11.5. The van der Waals surface area contributed by atoms with Gasteiger partial charge in [-0.3, -0.25) is 9.59 Å². The van der Waals surface area contributed by atoms with Gasteiger partial charge in [-0.1, -0.05) is 11.2 Å². The molecular weight excluding hydrogens is 314 g/mol. The van der Waals surface area contributed by atoms with Crippen LogP contribution >= 0.6 is 0 Å². The summed E-state index contributed by atoms with van der Waals surface area (Å²) >= 11 is 0. The maximum absolute atomic E-state index is 12.0. The average Bonchev–Trinajstić information content (AvgIpc) is 3.25. The maximum atomic E-state index is 12.0. The fourth-order valence-electron chi connectivity index (χ4n) is 2.12. The lowest BCUT2D eigenvalue weighted by atomic mass is 10.3. The minimum absolute atomic E-state index is 0.0247. The van der Waals surface area contributed by atoms with Crippen molar-refractivity contribution in [1.29, 1.82) is 0 Å². The molecule has 0 saturated heterocycles. The Kier molecular flexibility index (Phi) is 4.57. The average molecular weight is 329 g/mol. The van der Waals surface area contributed by atoms with E-state index < -0.39 is 12.0 Å². The van der Waals surface area contributed by atoms with Crippen molar-refractivity contribution in [2.45, 2.75) is 12.6 Å². The predicted octanol–water partition coefficient (Wildman–Crippen LogP) is 0.887. The highest BCUT2D eigenvalue weighted by molar-refractivity contribution is 5.92. The van der Waals surface area contributed by atoms with E-state index in [9.17, 15) is 14.7 Å². The monoisotopic (exact) mass is 329 g/mol. The van der Waals surface area contributed by atoms with Crippen LogP contribution in [0.4, 0.5) is 0 Å². The molecular formula is C16H15N3O5. The Morgan fingerprint density at radius 2 is 2.17 bits per heavy atom. The second-order valence-electron chi connectivity index (χ2n) is 5.11. The van der Waals surface area contributed by atoms with Crippen molar-refractivity contribution in [3.63, 3.8) is 0 Å². The first-order valence-electron chi connectivity index (χ1n) is 7.26. The molecule has 0 bridgehead atoms. The van der Waals surface area contributed by atoms with Crippen LogP contribution in [-0.4, -0.2) is 33.4 Å². The molecule has 8 heteroatoms. The summed E-state index contributed by atoms with van der Waals surface area (Å²) in [6.07, 6.45) is 2.14. The number of aromatic nitrogens is 2. The van der Waals surface area contributed by atoms with E-state index in [0.29, 0.717) is 11.5 Å². The van der Waals surface area contributed by atoms with Gasteiger partial charge in [0.25, 0.3) is 11.5 Å². The zero-order valence-electron chi connectivity index (χ0n) is 12.6. The molecule has 3 heterocycles. The predicted molar refractivity (Wildman–Crippen MR) is 83.2 cm³/mol. The molecule has 1 atom stereocenters. The summed E-state index contributed by atoms with van der Waals surface area (Å²) in [7, 11) is 0. The topological polar surface area (TPSA) is 110 Å². The molecule has 2 N–H and O–H groups in total. The lowest BCUT2D eigenvalue weighted by Gasteiger charge is -2.12. The lowest BCUT2D eigenvalue weighted by molar-refractivity contribution is 0.0894. The van der Waals surface area contributed by atoms with Crippen LogP contribution in [-0.2, 0) is 6.54 Å². The number of amides is 1. The summed E-state index contributed by atoms with van der Waals surface area (Å²) in [4.78, 5) is 23.6. The van der Waals surface area contributed by atoms with E-state index in [0.717, 1.165) is 0 Å². The molecule has 0 aliphatic rings. The highest BCUT2D eigenvalue weighted by atomic mass is 16.5. The molecule has 1 amide bonds. The van der Waals surface area contributed by atoms with Crippen LogP contribution in [0, 0.1) is 0 Å². The van der Waals surface area contributed by atoms with Gasteiger partial charge in [0.1, 0.15) is 0 Å². The van der Waals surface area contributed by atoms with Gasteiger partial charge in [-0.05, 0) is 18.2 Å². The summed E-state index contributed by atoms with van der Waals surface area (Å²) in [6, 6.07) is 9.54. The van der Waals surface area contributed by atoms with E-state index in [1.54, 1.807) is 30.5 Å². The fourth-order valence-corrected chi connectivity index (χ4v) is 2.12. The second-order valence-corrected chi connectivity index (χ2v) is 5.11. The Balaban J connectivity index is 1.55. The van der Waals surface area contributed by atoms with Gasteiger partial charge in [-0.25, -0.2) is 0 Å². The number of pyridine rings is 1. The lowest BCUT2D eigenvalue weighted by Crippen LogP contribution is -2.36. The van der Waals surface area contributed by atoms with Crippen LogP contribution in [0.1, 0.15) is 10.5 Å². The van der Waals surface area contributed by atoms with Crippen LogP contribution in [0.3, 0.4) is 0 Å². The van der Waals surface area contributed by atoms with Crippen molar-refractivity contribution < 1.29 is 18.8 Å². The van der Waals surface area contributed by atoms with E-state index in [1.165, 1.54) is 23.0 Å². The third-order valence-corrected chi connectivity index (χ3v) is 3.31. The molecule has 0 spiro atoms. The number of nitrogens with zero attached hydrogens (tertiary/aromatic N) is 2. The highest BCUT2D eigenvalue weighted by Crippen LogP contribution is 2.20. The third-order valence-electron chi connectivity index (χ3n) is 3.31. The SMILES string of the molecule is O=C(NCC(O)Cn1ccccc1=O)c1cc(-c2ccco2)on1. The number of carbonyl (C=O) groups excluding carboxylic acids is 1. The van der Waals surface area contributed by atoms with Gasteiger partial charge in [0.2, 0.25) is 5.76 Å². The quantitative estimate of drug-likeness (QED) is 0.695. The van der Waals surface area contributed by atoms with Gasteiger partial charge >= 0.3 is 0 Å². The molecule has 3 rings (SSSR count). The van der Waals surface area contributed by atoms with Gasteiger partial charge in [-0.15, -0.1) is 0 Å². The summed E-state index contributed by atoms with van der Waals surface area (Å²) in [5.74, 6) is 0.308. The third kappa shape index (κ3) is 3.61. The van der Waals surface area contributed by atoms with Crippen LogP contribution in [0.5, 0.6) is 0 Å². The van der Waals surface area contributed by atoms with E-state index >= 15 is 0 Å². The number of furan rings is 1. The van der Waals surface area contributed by atoms with Crippen molar-refractivity contribution in [2.75, 3.05) is 6.54 Å². The van der Waals surface area contributed by atoms with Crippen molar-refractivity contribution in [2.24, 2.45) is 0 Å².